The highest BCUT2D eigenvalue weighted by atomic mass is 32.1. The lowest BCUT2D eigenvalue weighted by Gasteiger charge is -2.06. The standard InChI is InChI=1S/C17H14N2O2S/c20-16(17-18-8-9-22-17)10-14-6-7-15(11-19-14)21-12-13-4-2-1-3-5-13/h1-11,20H,12H2/b16-10+. The zero-order valence-electron chi connectivity index (χ0n) is 11.7. The third-order valence-electron chi connectivity index (χ3n) is 2.94. The van der Waals surface area contributed by atoms with E-state index in [-0.39, 0.29) is 5.76 Å². The van der Waals surface area contributed by atoms with Gasteiger partial charge in [-0.05, 0) is 17.7 Å². The first kappa shape index (κ1) is 14.3. The molecule has 0 unspecified atom stereocenters. The summed E-state index contributed by atoms with van der Waals surface area (Å²) in [7, 11) is 0. The molecule has 0 aliphatic carbocycles. The Morgan fingerprint density at radius 3 is 2.68 bits per heavy atom. The number of rotatable bonds is 5. The summed E-state index contributed by atoms with van der Waals surface area (Å²) in [4.78, 5) is 8.30. The Balaban J connectivity index is 1.64. The SMILES string of the molecule is O/C(=C/c1ccc(OCc2ccccc2)cn1)c1nccs1. The van der Waals surface area contributed by atoms with Crippen LogP contribution in [0, 0.1) is 0 Å². The van der Waals surface area contributed by atoms with Crippen molar-refractivity contribution in [1.82, 2.24) is 9.97 Å². The summed E-state index contributed by atoms with van der Waals surface area (Å²) in [6, 6.07) is 13.6. The van der Waals surface area contributed by atoms with Crippen molar-refractivity contribution in [1.29, 1.82) is 0 Å². The molecule has 0 spiro atoms. The Hall–Kier alpha value is -2.66. The number of benzene rings is 1. The van der Waals surface area contributed by atoms with Crippen molar-refractivity contribution in [3.63, 3.8) is 0 Å². The Labute approximate surface area is 132 Å². The molecular weight excluding hydrogens is 296 g/mol. The number of hydrogen-bond acceptors (Lipinski definition) is 5. The van der Waals surface area contributed by atoms with E-state index in [9.17, 15) is 5.11 Å². The molecule has 4 nitrogen and oxygen atoms in total. The van der Waals surface area contributed by atoms with Crippen LogP contribution in [0.3, 0.4) is 0 Å². The highest BCUT2D eigenvalue weighted by molar-refractivity contribution is 7.10. The van der Waals surface area contributed by atoms with Crippen molar-refractivity contribution >= 4 is 23.2 Å². The van der Waals surface area contributed by atoms with Gasteiger partial charge in [0.1, 0.15) is 12.4 Å². The maximum absolute atomic E-state index is 9.92. The number of hydrogen-bond donors (Lipinski definition) is 1. The molecular formula is C17H14N2O2S. The third-order valence-corrected chi connectivity index (χ3v) is 3.74. The second-order valence-electron chi connectivity index (χ2n) is 4.56. The summed E-state index contributed by atoms with van der Waals surface area (Å²) in [5.74, 6) is 0.801. The van der Waals surface area contributed by atoms with E-state index >= 15 is 0 Å². The van der Waals surface area contributed by atoms with Gasteiger partial charge < -0.3 is 9.84 Å². The summed E-state index contributed by atoms with van der Waals surface area (Å²) in [5, 5.41) is 12.3. The molecule has 0 atom stereocenters. The van der Waals surface area contributed by atoms with Crippen molar-refractivity contribution in [3.05, 3.63) is 76.5 Å². The van der Waals surface area contributed by atoms with Gasteiger partial charge in [0.05, 0.1) is 11.9 Å². The van der Waals surface area contributed by atoms with Gasteiger partial charge in [-0.15, -0.1) is 11.3 Å². The monoisotopic (exact) mass is 310 g/mol. The number of aromatic nitrogens is 2. The fraction of sp³-hybridized carbons (Fsp3) is 0.0588. The first-order valence-electron chi connectivity index (χ1n) is 6.74. The fourth-order valence-electron chi connectivity index (χ4n) is 1.86. The molecule has 5 heteroatoms. The van der Waals surface area contributed by atoms with Gasteiger partial charge in [0.25, 0.3) is 0 Å². The van der Waals surface area contributed by atoms with E-state index in [0.29, 0.717) is 23.1 Å². The van der Waals surface area contributed by atoms with Crippen molar-refractivity contribution in [2.45, 2.75) is 6.61 Å². The molecule has 3 rings (SSSR count). The van der Waals surface area contributed by atoms with E-state index in [4.69, 9.17) is 4.74 Å². The molecule has 0 aliphatic rings. The smallest absolute Gasteiger partial charge is 0.158 e. The second kappa shape index (κ2) is 6.87. The zero-order valence-corrected chi connectivity index (χ0v) is 12.5. The number of thiazole rings is 1. The number of ether oxygens (including phenoxy) is 1. The van der Waals surface area contributed by atoms with Gasteiger partial charge >= 0.3 is 0 Å². The molecule has 0 saturated carbocycles. The predicted molar refractivity (Wildman–Crippen MR) is 87.6 cm³/mol. The Morgan fingerprint density at radius 1 is 1.14 bits per heavy atom. The average molecular weight is 310 g/mol. The minimum atomic E-state index is 0.112. The van der Waals surface area contributed by atoms with Crippen molar-refractivity contribution < 1.29 is 9.84 Å². The molecule has 0 aliphatic heterocycles. The van der Waals surface area contributed by atoms with Crippen LogP contribution in [0.2, 0.25) is 0 Å². The Morgan fingerprint density at radius 2 is 2.00 bits per heavy atom. The molecule has 1 aromatic carbocycles. The van der Waals surface area contributed by atoms with E-state index in [1.165, 1.54) is 11.3 Å². The first-order chi connectivity index (χ1) is 10.8. The van der Waals surface area contributed by atoms with Gasteiger partial charge in [-0.3, -0.25) is 4.98 Å². The maximum atomic E-state index is 9.92. The van der Waals surface area contributed by atoms with Gasteiger partial charge in [0.15, 0.2) is 10.8 Å². The van der Waals surface area contributed by atoms with Crippen molar-refractivity contribution in [2.24, 2.45) is 0 Å². The van der Waals surface area contributed by atoms with Crippen LogP contribution in [0.4, 0.5) is 0 Å². The van der Waals surface area contributed by atoms with E-state index in [1.54, 1.807) is 24.5 Å². The van der Waals surface area contributed by atoms with Gasteiger partial charge in [-0.25, -0.2) is 4.98 Å². The molecule has 110 valence electrons. The molecule has 22 heavy (non-hydrogen) atoms. The summed E-state index contributed by atoms with van der Waals surface area (Å²) in [6.45, 7) is 0.502. The summed E-state index contributed by atoms with van der Waals surface area (Å²) in [6.07, 6.45) is 4.88. The predicted octanol–water partition coefficient (Wildman–Crippen LogP) is 4.17. The van der Waals surface area contributed by atoms with Crippen LogP contribution in [-0.2, 0) is 6.61 Å². The number of aliphatic hydroxyl groups excluding tert-OH is 1. The summed E-state index contributed by atoms with van der Waals surface area (Å²) in [5.41, 5.74) is 1.76. The van der Waals surface area contributed by atoms with E-state index in [0.717, 1.165) is 5.56 Å². The van der Waals surface area contributed by atoms with Gasteiger partial charge in [-0.1, -0.05) is 30.3 Å². The fourth-order valence-corrected chi connectivity index (χ4v) is 2.41. The molecule has 1 N–H and O–H groups in total. The second-order valence-corrected chi connectivity index (χ2v) is 5.45. The summed E-state index contributed by atoms with van der Waals surface area (Å²) < 4.78 is 5.67. The van der Waals surface area contributed by atoms with Crippen LogP contribution < -0.4 is 4.74 Å². The first-order valence-corrected chi connectivity index (χ1v) is 7.62. The Kier molecular flexibility index (Phi) is 4.46. The minimum absolute atomic E-state index is 0.112. The molecule has 0 amide bonds. The normalized spacial score (nSPS) is 11.4. The van der Waals surface area contributed by atoms with Crippen LogP contribution in [0.25, 0.3) is 11.8 Å². The summed E-state index contributed by atoms with van der Waals surface area (Å²) >= 11 is 1.38. The lowest BCUT2D eigenvalue weighted by atomic mass is 10.2. The lowest BCUT2D eigenvalue weighted by Crippen LogP contribution is -1.95. The van der Waals surface area contributed by atoms with Gasteiger partial charge in [0, 0.05) is 17.7 Å². The number of aliphatic hydroxyl groups is 1. The van der Waals surface area contributed by atoms with Crippen LogP contribution in [0.15, 0.2) is 60.2 Å². The van der Waals surface area contributed by atoms with Gasteiger partial charge in [0.2, 0.25) is 0 Å². The van der Waals surface area contributed by atoms with Crippen LogP contribution in [0.1, 0.15) is 16.3 Å². The van der Waals surface area contributed by atoms with Crippen molar-refractivity contribution in [2.75, 3.05) is 0 Å². The highest BCUT2D eigenvalue weighted by Gasteiger charge is 2.03. The van der Waals surface area contributed by atoms with Crippen molar-refractivity contribution in [3.8, 4) is 5.75 Å². The largest absolute Gasteiger partial charge is 0.505 e. The zero-order chi connectivity index (χ0) is 15.2. The van der Waals surface area contributed by atoms with Crippen LogP contribution >= 0.6 is 11.3 Å². The van der Waals surface area contributed by atoms with Crippen LogP contribution in [0.5, 0.6) is 5.75 Å². The van der Waals surface area contributed by atoms with E-state index in [2.05, 4.69) is 9.97 Å². The molecule has 0 fully saturated rings. The quantitative estimate of drug-likeness (QED) is 0.718. The van der Waals surface area contributed by atoms with E-state index in [1.807, 2.05) is 41.8 Å². The van der Waals surface area contributed by atoms with E-state index < -0.39 is 0 Å². The number of pyridine rings is 1. The molecule has 2 aromatic heterocycles. The Bertz CT molecular complexity index is 738. The number of nitrogens with zero attached hydrogens (tertiary/aromatic N) is 2. The molecule has 2 heterocycles. The minimum Gasteiger partial charge on any atom is -0.505 e. The molecule has 0 radical (unpaired) electrons. The highest BCUT2D eigenvalue weighted by Crippen LogP contribution is 2.18. The molecule has 0 bridgehead atoms. The van der Waals surface area contributed by atoms with Crippen LogP contribution in [-0.4, -0.2) is 15.1 Å². The van der Waals surface area contributed by atoms with Gasteiger partial charge in [-0.2, -0.15) is 0 Å². The lowest BCUT2D eigenvalue weighted by molar-refractivity contribution is 0.305. The topological polar surface area (TPSA) is 55.2 Å². The third kappa shape index (κ3) is 3.71. The molecule has 0 saturated heterocycles. The molecule has 3 aromatic rings. The maximum Gasteiger partial charge on any atom is 0.158 e. The average Bonchev–Trinajstić information content (AvgIpc) is 3.10.